The van der Waals surface area contributed by atoms with Gasteiger partial charge in [-0.1, -0.05) is 24.6 Å². The summed E-state index contributed by atoms with van der Waals surface area (Å²) in [4.78, 5) is 31.8. The third-order valence-corrected chi connectivity index (χ3v) is 5.86. The Kier molecular flexibility index (Phi) is 6.66. The van der Waals surface area contributed by atoms with Crippen LogP contribution < -0.4 is 10.6 Å². The molecule has 166 valence electrons. The van der Waals surface area contributed by atoms with Gasteiger partial charge in [-0.2, -0.15) is 0 Å². The first-order chi connectivity index (χ1) is 15.5. The van der Waals surface area contributed by atoms with Crippen LogP contribution in [-0.2, 0) is 13.6 Å². The molecule has 0 spiro atoms. The largest absolute Gasteiger partial charge is 0.330 e. The van der Waals surface area contributed by atoms with Crippen LogP contribution in [0.15, 0.2) is 55.0 Å². The molecule has 4 rings (SSSR count). The Bertz CT molecular complexity index is 1100. The second kappa shape index (κ2) is 9.78. The Hall–Kier alpha value is -3.45. The number of aryl methyl sites for hydroxylation is 2. The van der Waals surface area contributed by atoms with E-state index in [2.05, 4.69) is 32.7 Å². The van der Waals surface area contributed by atoms with Gasteiger partial charge in [-0.15, -0.1) is 0 Å². The first-order valence-corrected chi connectivity index (χ1v) is 11.0. The average molecular weight is 432 g/mol. The van der Waals surface area contributed by atoms with Gasteiger partial charge in [0.1, 0.15) is 5.69 Å². The number of aromatic nitrogens is 2. The summed E-state index contributed by atoms with van der Waals surface area (Å²) >= 11 is 0. The van der Waals surface area contributed by atoms with E-state index < -0.39 is 0 Å². The molecule has 1 aliphatic heterocycles. The van der Waals surface area contributed by atoms with Crippen LogP contribution in [0.1, 0.15) is 51.2 Å². The number of hydrogen-bond donors (Lipinski definition) is 2. The van der Waals surface area contributed by atoms with Crippen molar-refractivity contribution < 1.29 is 9.59 Å². The number of likely N-dealkylation sites (tertiary alicyclic amines) is 1. The van der Waals surface area contributed by atoms with E-state index in [0.717, 1.165) is 30.9 Å². The summed E-state index contributed by atoms with van der Waals surface area (Å²) in [5, 5.41) is 5.82. The van der Waals surface area contributed by atoms with Gasteiger partial charge < -0.3 is 15.2 Å². The standard InChI is InChI=1S/C25H29N5O2/c1-18-6-9-20(14-22(18)28-25(32)23-15-26-17-29(23)2)24(31)27-21-10-7-19(8-11-21)16-30-12-4-3-5-13-30/h6-11,14-15,17H,3-5,12-13,16H2,1-2H3,(H,27,31)(H,28,32). The first-order valence-electron chi connectivity index (χ1n) is 11.0. The number of anilines is 2. The zero-order chi connectivity index (χ0) is 22.5. The summed E-state index contributed by atoms with van der Waals surface area (Å²) in [5.41, 5.74) is 4.40. The lowest BCUT2D eigenvalue weighted by Crippen LogP contribution is -2.29. The van der Waals surface area contributed by atoms with E-state index in [1.807, 2.05) is 25.1 Å². The lowest BCUT2D eigenvalue weighted by Gasteiger charge is -2.26. The number of nitrogens with zero attached hydrogens (tertiary/aromatic N) is 3. The third-order valence-electron chi connectivity index (χ3n) is 5.86. The Labute approximate surface area is 188 Å². The maximum atomic E-state index is 12.8. The fourth-order valence-corrected chi connectivity index (χ4v) is 3.93. The Morgan fingerprint density at radius 3 is 2.41 bits per heavy atom. The minimum atomic E-state index is -0.269. The van der Waals surface area contributed by atoms with Crippen molar-refractivity contribution in [2.24, 2.45) is 7.05 Å². The van der Waals surface area contributed by atoms with Gasteiger partial charge >= 0.3 is 0 Å². The number of imidazole rings is 1. The molecule has 2 amide bonds. The number of amides is 2. The van der Waals surface area contributed by atoms with Crippen molar-refractivity contribution in [3.8, 4) is 0 Å². The molecule has 0 saturated carbocycles. The number of piperidine rings is 1. The molecule has 1 aliphatic rings. The highest BCUT2D eigenvalue weighted by Crippen LogP contribution is 2.20. The smallest absolute Gasteiger partial charge is 0.273 e. The maximum absolute atomic E-state index is 12.8. The highest BCUT2D eigenvalue weighted by molar-refractivity contribution is 6.07. The molecular weight excluding hydrogens is 402 g/mol. The van der Waals surface area contributed by atoms with Gasteiger partial charge in [0.05, 0.1) is 12.5 Å². The molecule has 32 heavy (non-hydrogen) atoms. The molecule has 2 N–H and O–H groups in total. The van der Waals surface area contributed by atoms with Crippen LogP contribution in [0.5, 0.6) is 0 Å². The first kappa shape index (κ1) is 21.8. The van der Waals surface area contributed by atoms with Crippen LogP contribution in [0.4, 0.5) is 11.4 Å². The molecule has 1 aromatic heterocycles. The Morgan fingerprint density at radius 1 is 0.969 bits per heavy atom. The maximum Gasteiger partial charge on any atom is 0.273 e. The van der Waals surface area contributed by atoms with Gasteiger partial charge in [0.15, 0.2) is 0 Å². The minimum Gasteiger partial charge on any atom is -0.330 e. The molecule has 2 heterocycles. The fraction of sp³-hybridized carbons (Fsp3) is 0.320. The van der Waals surface area contributed by atoms with Crippen molar-refractivity contribution in [3.05, 3.63) is 77.4 Å². The van der Waals surface area contributed by atoms with Gasteiger partial charge in [0.2, 0.25) is 0 Å². The van der Waals surface area contributed by atoms with E-state index in [9.17, 15) is 9.59 Å². The summed E-state index contributed by atoms with van der Waals surface area (Å²) < 4.78 is 1.65. The van der Waals surface area contributed by atoms with Crippen molar-refractivity contribution in [2.45, 2.75) is 32.7 Å². The van der Waals surface area contributed by atoms with Crippen molar-refractivity contribution in [1.29, 1.82) is 0 Å². The van der Waals surface area contributed by atoms with Gasteiger partial charge in [0.25, 0.3) is 11.8 Å². The lowest BCUT2D eigenvalue weighted by molar-refractivity contribution is 0.101. The Morgan fingerprint density at radius 2 is 1.72 bits per heavy atom. The van der Waals surface area contributed by atoms with Crippen LogP contribution in [0, 0.1) is 6.92 Å². The summed E-state index contributed by atoms with van der Waals surface area (Å²) in [7, 11) is 1.76. The molecule has 0 unspecified atom stereocenters. The second-order valence-corrected chi connectivity index (χ2v) is 8.36. The van der Waals surface area contributed by atoms with Crippen LogP contribution >= 0.6 is 0 Å². The molecule has 3 aromatic rings. The predicted octanol–water partition coefficient (Wildman–Crippen LogP) is 4.22. The number of rotatable bonds is 6. The highest BCUT2D eigenvalue weighted by atomic mass is 16.2. The third kappa shape index (κ3) is 5.23. The van der Waals surface area contributed by atoms with E-state index >= 15 is 0 Å². The SMILES string of the molecule is Cc1ccc(C(=O)Nc2ccc(CN3CCCCC3)cc2)cc1NC(=O)c1cncn1C. The lowest BCUT2D eigenvalue weighted by atomic mass is 10.1. The van der Waals surface area contributed by atoms with E-state index in [-0.39, 0.29) is 11.8 Å². The topological polar surface area (TPSA) is 79.3 Å². The predicted molar refractivity (Wildman–Crippen MR) is 126 cm³/mol. The van der Waals surface area contributed by atoms with E-state index in [0.29, 0.717) is 16.9 Å². The monoisotopic (exact) mass is 431 g/mol. The molecule has 0 atom stereocenters. The number of hydrogen-bond acceptors (Lipinski definition) is 4. The van der Waals surface area contributed by atoms with Gasteiger partial charge in [0, 0.05) is 30.5 Å². The molecule has 7 heteroatoms. The van der Waals surface area contributed by atoms with Gasteiger partial charge in [-0.3, -0.25) is 14.5 Å². The summed E-state index contributed by atoms with van der Waals surface area (Å²) in [6.45, 7) is 5.16. The molecule has 0 aliphatic carbocycles. The van der Waals surface area contributed by atoms with Crippen molar-refractivity contribution in [1.82, 2.24) is 14.5 Å². The van der Waals surface area contributed by atoms with E-state index in [1.54, 1.807) is 30.1 Å². The van der Waals surface area contributed by atoms with Gasteiger partial charge in [-0.25, -0.2) is 4.98 Å². The highest BCUT2D eigenvalue weighted by Gasteiger charge is 2.14. The second-order valence-electron chi connectivity index (χ2n) is 8.36. The molecule has 7 nitrogen and oxygen atoms in total. The summed E-state index contributed by atoms with van der Waals surface area (Å²) in [5.74, 6) is -0.486. The fourth-order valence-electron chi connectivity index (χ4n) is 3.93. The molecule has 2 aromatic carbocycles. The summed E-state index contributed by atoms with van der Waals surface area (Å²) in [6.07, 6.45) is 6.96. The molecular formula is C25H29N5O2. The molecule has 0 radical (unpaired) electrons. The minimum absolute atomic E-state index is 0.218. The number of carbonyl (C=O) groups is 2. The zero-order valence-electron chi connectivity index (χ0n) is 18.6. The van der Waals surface area contributed by atoms with Crippen molar-refractivity contribution in [2.75, 3.05) is 23.7 Å². The van der Waals surface area contributed by atoms with E-state index in [1.165, 1.54) is 31.0 Å². The van der Waals surface area contributed by atoms with Crippen LogP contribution in [0.25, 0.3) is 0 Å². The summed E-state index contributed by atoms with van der Waals surface area (Å²) in [6, 6.07) is 13.3. The molecule has 0 bridgehead atoms. The molecule has 1 saturated heterocycles. The van der Waals surface area contributed by atoms with Crippen LogP contribution in [0.2, 0.25) is 0 Å². The Balaban J connectivity index is 1.40. The number of benzene rings is 2. The quantitative estimate of drug-likeness (QED) is 0.613. The van der Waals surface area contributed by atoms with E-state index in [4.69, 9.17) is 0 Å². The van der Waals surface area contributed by atoms with Crippen LogP contribution in [0.3, 0.4) is 0 Å². The number of nitrogens with one attached hydrogen (secondary N) is 2. The van der Waals surface area contributed by atoms with Crippen LogP contribution in [-0.4, -0.2) is 39.4 Å². The van der Waals surface area contributed by atoms with Gasteiger partial charge in [-0.05, 0) is 68.2 Å². The van der Waals surface area contributed by atoms with Crippen molar-refractivity contribution in [3.63, 3.8) is 0 Å². The van der Waals surface area contributed by atoms with Crippen molar-refractivity contribution >= 4 is 23.2 Å². The normalized spacial score (nSPS) is 14.2. The molecule has 1 fully saturated rings. The number of carbonyl (C=O) groups excluding carboxylic acids is 2. The zero-order valence-corrected chi connectivity index (χ0v) is 18.6. The average Bonchev–Trinajstić information content (AvgIpc) is 3.23.